The molecule has 0 radical (unpaired) electrons. The fourth-order valence-corrected chi connectivity index (χ4v) is 3.70. The van der Waals surface area contributed by atoms with Crippen molar-refractivity contribution in [3.8, 4) is 0 Å². The van der Waals surface area contributed by atoms with E-state index in [1.54, 1.807) is 0 Å². The van der Waals surface area contributed by atoms with Gasteiger partial charge in [0.2, 0.25) is 0 Å². The van der Waals surface area contributed by atoms with Crippen molar-refractivity contribution >= 4 is 17.3 Å². The van der Waals surface area contributed by atoms with Gasteiger partial charge in [0, 0.05) is 26.3 Å². The van der Waals surface area contributed by atoms with Crippen LogP contribution in [0.15, 0.2) is 60.7 Å². The summed E-state index contributed by atoms with van der Waals surface area (Å²) in [5, 5.41) is 25.9. The monoisotopic (exact) mass is 400 g/mol. The number of hydrogen-bond donors (Lipinski definition) is 4. The van der Waals surface area contributed by atoms with Gasteiger partial charge in [-0.15, -0.1) is 0 Å². The molecular formula is C23H32N2O2S. The summed E-state index contributed by atoms with van der Waals surface area (Å²) < 4.78 is 0. The van der Waals surface area contributed by atoms with E-state index in [0.717, 1.165) is 38.8 Å². The summed E-state index contributed by atoms with van der Waals surface area (Å²) in [6.07, 6.45) is 3.35. The van der Waals surface area contributed by atoms with Crippen molar-refractivity contribution < 1.29 is 10.2 Å². The molecule has 2 atom stereocenters. The summed E-state index contributed by atoms with van der Waals surface area (Å²) in [5.41, 5.74) is 2.51. The lowest BCUT2D eigenvalue weighted by atomic mass is 9.93. The SMILES string of the molecule is OCCC(CCNC(=S)NCCC(CCO)c1ccccc1)c1ccccc1. The van der Waals surface area contributed by atoms with Crippen LogP contribution in [0.1, 0.15) is 48.6 Å². The van der Waals surface area contributed by atoms with Crippen LogP contribution in [-0.4, -0.2) is 41.6 Å². The molecule has 2 unspecified atom stereocenters. The highest BCUT2D eigenvalue weighted by Gasteiger charge is 2.12. The Morgan fingerprint density at radius 2 is 1.07 bits per heavy atom. The van der Waals surface area contributed by atoms with Gasteiger partial charge in [0.05, 0.1) is 0 Å². The minimum absolute atomic E-state index is 0.188. The number of aliphatic hydroxyl groups excluding tert-OH is 2. The Hall–Kier alpha value is -1.95. The van der Waals surface area contributed by atoms with Crippen LogP contribution in [0.5, 0.6) is 0 Å². The summed E-state index contributed by atoms with van der Waals surface area (Å²) in [6, 6.07) is 20.6. The van der Waals surface area contributed by atoms with Gasteiger partial charge in [-0.25, -0.2) is 0 Å². The molecule has 2 rings (SSSR count). The summed E-state index contributed by atoms with van der Waals surface area (Å²) >= 11 is 5.40. The molecule has 0 aliphatic rings. The van der Waals surface area contributed by atoms with Crippen LogP contribution in [0.3, 0.4) is 0 Å². The molecule has 0 heterocycles. The van der Waals surface area contributed by atoms with Crippen LogP contribution in [0, 0.1) is 0 Å². The minimum atomic E-state index is 0.188. The van der Waals surface area contributed by atoms with Crippen molar-refractivity contribution in [1.29, 1.82) is 0 Å². The quantitative estimate of drug-likeness (QED) is 0.410. The maximum absolute atomic E-state index is 9.34. The van der Waals surface area contributed by atoms with Gasteiger partial charge in [-0.05, 0) is 60.9 Å². The van der Waals surface area contributed by atoms with Crippen molar-refractivity contribution in [2.45, 2.75) is 37.5 Å². The minimum Gasteiger partial charge on any atom is -0.396 e. The normalized spacial score (nSPS) is 12.9. The van der Waals surface area contributed by atoms with E-state index in [-0.39, 0.29) is 13.2 Å². The molecule has 0 bridgehead atoms. The largest absolute Gasteiger partial charge is 0.396 e. The molecule has 152 valence electrons. The number of thiocarbonyl (C=S) groups is 1. The first-order valence-corrected chi connectivity index (χ1v) is 10.5. The maximum Gasteiger partial charge on any atom is 0.166 e. The average Bonchev–Trinajstić information content (AvgIpc) is 2.74. The fourth-order valence-electron chi connectivity index (χ4n) is 3.50. The zero-order valence-electron chi connectivity index (χ0n) is 16.4. The van der Waals surface area contributed by atoms with E-state index in [1.807, 2.05) is 36.4 Å². The van der Waals surface area contributed by atoms with E-state index in [1.165, 1.54) is 11.1 Å². The Labute approximate surface area is 174 Å². The number of rotatable bonds is 12. The predicted molar refractivity (Wildman–Crippen MR) is 120 cm³/mol. The molecule has 2 aromatic rings. The van der Waals surface area contributed by atoms with Gasteiger partial charge >= 0.3 is 0 Å². The van der Waals surface area contributed by atoms with Crippen molar-refractivity contribution in [2.75, 3.05) is 26.3 Å². The Balaban J connectivity index is 1.71. The summed E-state index contributed by atoms with van der Waals surface area (Å²) in [6.45, 7) is 1.91. The molecule has 28 heavy (non-hydrogen) atoms. The first-order chi connectivity index (χ1) is 13.7. The molecule has 0 aliphatic carbocycles. The van der Waals surface area contributed by atoms with Gasteiger partial charge in [0.25, 0.3) is 0 Å². The summed E-state index contributed by atoms with van der Waals surface area (Å²) in [5.74, 6) is 0.655. The van der Waals surface area contributed by atoms with Crippen LogP contribution in [0.2, 0.25) is 0 Å². The Kier molecular flexibility index (Phi) is 10.6. The topological polar surface area (TPSA) is 64.5 Å². The molecule has 0 fully saturated rings. The molecule has 0 aromatic heterocycles. The fraction of sp³-hybridized carbons (Fsp3) is 0.435. The molecule has 0 saturated heterocycles. The Bertz CT molecular complexity index is 609. The Morgan fingerprint density at radius 3 is 1.43 bits per heavy atom. The lowest BCUT2D eigenvalue weighted by molar-refractivity contribution is 0.273. The molecule has 5 heteroatoms. The van der Waals surface area contributed by atoms with E-state index in [4.69, 9.17) is 12.2 Å². The van der Waals surface area contributed by atoms with Crippen LogP contribution < -0.4 is 10.6 Å². The highest BCUT2D eigenvalue weighted by Crippen LogP contribution is 2.23. The highest BCUT2D eigenvalue weighted by atomic mass is 32.1. The smallest absolute Gasteiger partial charge is 0.166 e. The molecule has 4 N–H and O–H groups in total. The zero-order valence-corrected chi connectivity index (χ0v) is 17.2. The van der Waals surface area contributed by atoms with E-state index in [0.29, 0.717) is 16.9 Å². The molecule has 0 amide bonds. The zero-order chi connectivity index (χ0) is 20.0. The third kappa shape index (κ3) is 7.97. The standard InChI is InChI=1S/C23H32N2O2S/c26-17-13-21(19-7-3-1-4-8-19)11-15-24-23(28)25-16-12-22(14-18-27)20-9-5-2-6-10-20/h1-10,21-22,26-27H,11-18H2,(H2,24,25,28). The molecule has 0 saturated carbocycles. The highest BCUT2D eigenvalue weighted by molar-refractivity contribution is 7.80. The second-order valence-corrected chi connectivity index (χ2v) is 7.41. The van der Waals surface area contributed by atoms with Crippen LogP contribution in [-0.2, 0) is 0 Å². The van der Waals surface area contributed by atoms with Crippen LogP contribution in [0.4, 0.5) is 0 Å². The third-order valence-corrected chi connectivity index (χ3v) is 5.34. The average molecular weight is 401 g/mol. The molecular weight excluding hydrogens is 368 g/mol. The van der Waals surface area contributed by atoms with Gasteiger partial charge in [-0.3, -0.25) is 0 Å². The van der Waals surface area contributed by atoms with Gasteiger partial charge in [-0.1, -0.05) is 60.7 Å². The van der Waals surface area contributed by atoms with E-state index < -0.39 is 0 Å². The second-order valence-electron chi connectivity index (χ2n) is 7.00. The number of aliphatic hydroxyl groups is 2. The van der Waals surface area contributed by atoms with Gasteiger partial charge < -0.3 is 20.8 Å². The number of nitrogens with one attached hydrogen (secondary N) is 2. The first kappa shape index (κ1) is 22.3. The van der Waals surface area contributed by atoms with Gasteiger partial charge in [0.15, 0.2) is 5.11 Å². The molecule has 0 aliphatic heterocycles. The van der Waals surface area contributed by atoms with E-state index >= 15 is 0 Å². The number of benzene rings is 2. The molecule has 2 aromatic carbocycles. The van der Waals surface area contributed by atoms with Crippen molar-refractivity contribution in [3.05, 3.63) is 71.8 Å². The molecule has 0 spiro atoms. The van der Waals surface area contributed by atoms with Crippen molar-refractivity contribution in [3.63, 3.8) is 0 Å². The van der Waals surface area contributed by atoms with Gasteiger partial charge in [0.1, 0.15) is 0 Å². The van der Waals surface area contributed by atoms with Crippen molar-refractivity contribution in [1.82, 2.24) is 10.6 Å². The van der Waals surface area contributed by atoms with E-state index in [2.05, 4.69) is 34.9 Å². The molecule has 4 nitrogen and oxygen atoms in total. The second kappa shape index (κ2) is 13.3. The summed E-state index contributed by atoms with van der Waals surface area (Å²) in [4.78, 5) is 0. The van der Waals surface area contributed by atoms with E-state index in [9.17, 15) is 10.2 Å². The first-order valence-electron chi connectivity index (χ1n) is 10.1. The maximum atomic E-state index is 9.34. The third-order valence-electron chi connectivity index (χ3n) is 5.05. The number of hydrogen-bond acceptors (Lipinski definition) is 3. The van der Waals surface area contributed by atoms with Crippen LogP contribution >= 0.6 is 12.2 Å². The predicted octanol–water partition coefficient (Wildman–Crippen LogP) is 3.56. The lowest BCUT2D eigenvalue weighted by Crippen LogP contribution is -2.37. The van der Waals surface area contributed by atoms with Crippen LogP contribution in [0.25, 0.3) is 0 Å². The lowest BCUT2D eigenvalue weighted by Gasteiger charge is -2.19. The Morgan fingerprint density at radius 1 is 0.679 bits per heavy atom. The van der Waals surface area contributed by atoms with Crippen molar-refractivity contribution in [2.24, 2.45) is 0 Å². The van der Waals surface area contributed by atoms with Gasteiger partial charge in [-0.2, -0.15) is 0 Å². The summed E-state index contributed by atoms with van der Waals surface area (Å²) in [7, 11) is 0.